The molecule has 0 spiro atoms. The number of amides is 1. The van der Waals surface area contributed by atoms with Crippen LogP contribution in [0.25, 0.3) is 21.3 Å². The number of alkyl halides is 3. The molecular formula is C26H28ClF4N5O5S2. The number of hydrogen-bond acceptors (Lipinski definition) is 9. The normalized spacial score (nSPS) is 19.9. The average molecular weight is 666 g/mol. The molecule has 5 rings (SSSR count). The van der Waals surface area contributed by atoms with E-state index < -0.39 is 73.4 Å². The Hall–Kier alpha value is -2.66. The summed E-state index contributed by atoms with van der Waals surface area (Å²) < 4.78 is 92.2. The van der Waals surface area contributed by atoms with Crippen molar-refractivity contribution in [2.45, 2.75) is 87.5 Å². The van der Waals surface area contributed by atoms with Crippen LogP contribution >= 0.6 is 22.9 Å². The Morgan fingerprint density at radius 2 is 1.91 bits per heavy atom. The van der Waals surface area contributed by atoms with Crippen LogP contribution < -0.4 is 4.72 Å². The van der Waals surface area contributed by atoms with Crippen molar-refractivity contribution in [2.75, 3.05) is 6.54 Å². The fourth-order valence-electron chi connectivity index (χ4n) is 4.95. The van der Waals surface area contributed by atoms with Gasteiger partial charge in [0.15, 0.2) is 10.8 Å². The number of carbonyl (C=O) groups excluding carboxylic acids is 1. The standard InChI is InChI=1S/C26H28ClF4N5O5S2/c1-12(28)25(8-9-25)35-43(39,40)14-7-6-13(15(27)16(14)29)18-17(21(37)36-11-26(30,31)10-23(36,2)3)32-20(42-18)19-33-34-22(41-19)24(4,5)38/h6-7,12,35,38H,8-11H2,1-5H3. The minimum atomic E-state index is -4.55. The molecule has 10 nitrogen and oxygen atoms in total. The lowest BCUT2D eigenvalue weighted by atomic mass is 10.0. The Morgan fingerprint density at radius 1 is 1.26 bits per heavy atom. The van der Waals surface area contributed by atoms with Crippen LogP contribution in [-0.4, -0.2) is 69.2 Å². The van der Waals surface area contributed by atoms with Gasteiger partial charge in [-0.05, 0) is 53.5 Å². The predicted octanol–water partition coefficient (Wildman–Crippen LogP) is 5.31. The summed E-state index contributed by atoms with van der Waals surface area (Å²) in [5.41, 5.74) is -4.66. The van der Waals surface area contributed by atoms with E-state index in [2.05, 4.69) is 19.9 Å². The van der Waals surface area contributed by atoms with Gasteiger partial charge in [0.2, 0.25) is 15.9 Å². The summed E-state index contributed by atoms with van der Waals surface area (Å²) in [6.07, 6.45) is -1.65. The predicted molar refractivity (Wildman–Crippen MR) is 149 cm³/mol. The fraction of sp³-hybridized carbons (Fsp3) is 0.538. The molecule has 1 aliphatic carbocycles. The van der Waals surface area contributed by atoms with E-state index in [-0.39, 0.29) is 45.8 Å². The molecule has 3 heterocycles. The second-order valence-corrected chi connectivity index (χ2v) is 15.0. The number of likely N-dealkylation sites (tertiary alicyclic amines) is 1. The molecule has 2 fully saturated rings. The number of aromatic nitrogens is 3. The Labute approximate surface area is 253 Å². The minimum Gasteiger partial charge on any atom is -0.415 e. The second-order valence-electron chi connectivity index (χ2n) is 12.0. The highest BCUT2D eigenvalue weighted by Gasteiger charge is 2.53. The summed E-state index contributed by atoms with van der Waals surface area (Å²) in [6.45, 7) is 6.04. The molecule has 1 amide bonds. The first kappa shape index (κ1) is 31.8. The zero-order valence-electron chi connectivity index (χ0n) is 23.6. The maximum Gasteiger partial charge on any atom is 0.276 e. The van der Waals surface area contributed by atoms with Crippen molar-refractivity contribution in [3.8, 4) is 21.3 Å². The number of benzene rings is 1. The summed E-state index contributed by atoms with van der Waals surface area (Å²) >= 11 is 7.10. The summed E-state index contributed by atoms with van der Waals surface area (Å²) in [6, 6.07) is 2.06. The van der Waals surface area contributed by atoms with E-state index in [0.29, 0.717) is 0 Å². The zero-order valence-corrected chi connectivity index (χ0v) is 26.0. The van der Waals surface area contributed by atoms with Crippen LogP contribution in [0.1, 0.15) is 70.3 Å². The number of carbonyl (C=O) groups is 1. The third-order valence-electron chi connectivity index (χ3n) is 7.49. The van der Waals surface area contributed by atoms with Gasteiger partial charge in [-0.1, -0.05) is 17.7 Å². The summed E-state index contributed by atoms with van der Waals surface area (Å²) in [5.74, 6) is -5.84. The van der Waals surface area contributed by atoms with Crippen molar-refractivity contribution in [1.82, 2.24) is 24.8 Å². The van der Waals surface area contributed by atoms with Crippen LogP contribution in [0.3, 0.4) is 0 Å². The molecule has 43 heavy (non-hydrogen) atoms. The van der Waals surface area contributed by atoms with Crippen molar-refractivity contribution >= 4 is 38.9 Å². The lowest BCUT2D eigenvalue weighted by molar-refractivity contribution is 0.0113. The molecule has 3 aromatic rings. The van der Waals surface area contributed by atoms with Gasteiger partial charge in [-0.15, -0.1) is 21.5 Å². The molecule has 2 aliphatic rings. The molecule has 0 bridgehead atoms. The minimum absolute atomic E-state index is 0.0624. The molecule has 0 radical (unpaired) electrons. The molecule has 17 heteroatoms. The van der Waals surface area contributed by atoms with Gasteiger partial charge in [0, 0.05) is 17.5 Å². The number of aliphatic hydroxyl groups is 1. The Kier molecular flexibility index (Phi) is 7.52. The molecule has 234 valence electrons. The largest absolute Gasteiger partial charge is 0.415 e. The van der Waals surface area contributed by atoms with Crippen LogP contribution in [0.15, 0.2) is 21.4 Å². The van der Waals surface area contributed by atoms with Crippen molar-refractivity contribution in [3.05, 3.63) is 34.6 Å². The van der Waals surface area contributed by atoms with E-state index in [0.717, 1.165) is 28.4 Å². The Morgan fingerprint density at radius 3 is 2.42 bits per heavy atom. The quantitative estimate of drug-likeness (QED) is 0.309. The number of halogens is 5. The molecule has 1 saturated carbocycles. The van der Waals surface area contributed by atoms with Gasteiger partial charge in [0.05, 0.1) is 22.0 Å². The first-order valence-corrected chi connectivity index (χ1v) is 15.8. The van der Waals surface area contributed by atoms with Gasteiger partial charge < -0.3 is 14.4 Å². The lowest BCUT2D eigenvalue weighted by Crippen LogP contribution is -2.43. The molecule has 1 aliphatic heterocycles. The van der Waals surface area contributed by atoms with Crippen LogP contribution in [0.4, 0.5) is 17.6 Å². The van der Waals surface area contributed by atoms with E-state index in [9.17, 15) is 31.5 Å². The van der Waals surface area contributed by atoms with Crippen LogP contribution in [-0.2, 0) is 15.6 Å². The first-order valence-electron chi connectivity index (χ1n) is 13.1. The zero-order chi connectivity index (χ0) is 31.9. The molecule has 1 unspecified atom stereocenters. The first-order chi connectivity index (χ1) is 19.7. The monoisotopic (exact) mass is 665 g/mol. The highest BCUT2D eigenvalue weighted by Crippen LogP contribution is 2.46. The summed E-state index contributed by atoms with van der Waals surface area (Å²) in [4.78, 5) is 18.1. The van der Waals surface area contributed by atoms with E-state index in [4.69, 9.17) is 16.0 Å². The second kappa shape index (κ2) is 10.2. The molecule has 2 aromatic heterocycles. The van der Waals surface area contributed by atoms with Crippen LogP contribution in [0.5, 0.6) is 0 Å². The molecule has 1 aromatic carbocycles. The third-order valence-corrected chi connectivity index (χ3v) is 10.5. The van der Waals surface area contributed by atoms with Crippen molar-refractivity contribution in [2.24, 2.45) is 0 Å². The van der Waals surface area contributed by atoms with Crippen molar-refractivity contribution in [3.63, 3.8) is 0 Å². The SMILES string of the molecule is CC(F)C1(NS(=O)(=O)c2ccc(-c3sc(-c4nnc(C(C)(C)O)o4)nc3C(=O)N3CC(F)(F)CC3(C)C)c(Cl)c2F)CC1. The van der Waals surface area contributed by atoms with E-state index in [1.165, 1.54) is 34.6 Å². The van der Waals surface area contributed by atoms with Crippen molar-refractivity contribution in [1.29, 1.82) is 0 Å². The van der Waals surface area contributed by atoms with Crippen LogP contribution in [0.2, 0.25) is 5.02 Å². The topological polar surface area (TPSA) is 139 Å². The molecule has 1 atom stereocenters. The lowest BCUT2D eigenvalue weighted by Gasteiger charge is -2.30. The van der Waals surface area contributed by atoms with E-state index >= 15 is 4.39 Å². The fourth-order valence-corrected chi connectivity index (χ4v) is 7.93. The van der Waals surface area contributed by atoms with Gasteiger partial charge in [-0.3, -0.25) is 4.79 Å². The number of rotatable bonds is 8. The maximum absolute atomic E-state index is 15.6. The van der Waals surface area contributed by atoms with E-state index in [1.807, 2.05) is 0 Å². The van der Waals surface area contributed by atoms with Gasteiger partial charge in [0.1, 0.15) is 22.4 Å². The van der Waals surface area contributed by atoms with E-state index in [1.54, 1.807) is 0 Å². The number of nitrogens with zero attached hydrogens (tertiary/aromatic N) is 4. The number of thiazole rings is 1. The molecule has 2 N–H and O–H groups in total. The summed E-state index contributed by atoms with van der Waals surface area (Å²) in [5, 5.41) is 17.1. The van der Waals surface area contributed by atoms with Gasteiger partial charge >= 0.3 is 0 Å². The number of hydrogen-bond donors (Lipinski definition) is 2. The maximum atomic E-state index is 15.6. The van der Waals surface area contributed by atoms with Crippen molar-refractivity contribution < 1.29 is 40.3 Å². The number of sulfonamides is 1. The van der Waals surface area contributed by atoms with Gasteiger partial charge in [0.25, 0.3) is 17.7 Å². The molecular weight excluding hydrogens is 638 g/mol. The van der Waals surface area contributed by atoms with Gasteiger partial charge in [-0.2, -0.15) is 0 Å². The average Bonchev–Trinajstić information content (AvgIpc) is 3.21. The highest BCUT2D eigenvalue weighted by atomic mass is 35.5. The Bertz CT molecular complexity index is 1710. The third kappa shape index (κ3) is 5.79. The molecule has 1 saturated heterocycles. The Balaban J connectivity index is 1.62. The number of nitrogens with one attached hydrogen (secondary N) is 1. The smallest absolute Gasteiger partial charge is 0.276 e. The summed E-state index contributed by atoms with van der Waals surface area (Å²) in [7, 11) is -4.55. The van der Waals surface area contributed by atoms with Gasteiger partial charge in [-0.25, -0.2) is 35.7 Å². The van der Waals surface area contributed by atoms with Crippen LogP contribution in [0, 0.1) is 5.82 Å². The highest BCUT2D eigenvalue weighted by molar-refractivity contribution is 7.89.